The van der Waals surface area contributed by atoms with Gasteiger partial charge in [0.2, 0.25) is 0 Å². The Hall–Kier alpha value is -2.11. The molecule has 1 aliphatic rings. The molecule has 2 heterocycles. The Morgan fingerprint density at radius 1 is 1.48 bits per heavy atom. The number of carbonyl (C=O) groups excluding carboxylic acids is 2. The smallest absolute Gasteiger partial charge is 0.408 e. The van der Waals surface area contributed by atoms with Crippen LogP contribution in [0.3, 0.4) is 0 Å². The zero-order valence-corrected chi connectivity index (χ0v) is 12.7. The van der Waals surface area contributed by atoms with Crippen LogP contribution in [-0.4, -0.2) is 34.6 Å². The van der Waals surface area contributed by atoms with E-state index in [1.807, 2.05) is 0 Å². The summed E-state index contributed by atoms with van der Waals surface area (Å²) in [5.41, 5.74) is -0.0326. The molecule has 1 aromatic heterocycles. The second-order valence-electron chi connectivity index (χ2n) is 6.04. The number of amides is 1. The molecule has 6 heteroatoms. The number of Topliss-reactive ketones (excluding diaryl/α,β-unsaturated/α-hetero) is 1. The summed E-state index contributed by atoms with van der Waals surface area (Å²) in [6.07, 6.45) is 0.619. The van der Waals surface area contributed by atoms with Crippen molar-refractivity contribution in [2.45, 2.75) is 51.9 Å². The average Bonchev–Trinajstić information content (AvgIpc) is 2.46. The molecule has 0 spiro atoms. The third kappa shape index (κ3) is 3.93. The van der Waals surface area contributed by atoms with Crippen LogP contribution in [0.2, 0.25) is 0 Å². The predicted octanol–water partition coefficient (Wildman–Crippen LogP) is 1.87. The van der Waals surface area contributed by atoms with E-state index < -0.39 is 23.8 Å². The number of ether oxygens (including phenoxy) is 2. The average molecular weight is 292 g/mol. The van der Waals surface area contributed by atoms with Crippen molar-refractivity contribution in [2.24, 2.45) is 0 Å². The van der Waals surface area contributed by atoms with Gasteiger partial charge in [0.05, 0.1) is 12.1 Å². The fourth-order valence-corrected chi connectivity index (χ4v) is 2.10. The topological polar surface area (TPSA) is 77.5 Å². The molecule has 0 saturated carbocycles. The fourth-order valence-electron chi connectivity index (χ4n) is 2.10. The monoisotopic (exact) mass is 292 g/mol. The number of pyridine rings is 1. The van der Waals surface area contributed by atoms with Gasteiger partial charge in [-0.25, -0.2) is 4.79 Å². The highest BCUT2D eigenvalue weighted by Gasteiger charge is 2.33. The van der Waals surface area contributed by atoms with Crippen molar-refractivity contribution < 1.29 is 19.1 Å². The molecular formula is C15H20N2O4. The number of aromatic nitrogens is 1. The SMILES string of the molecule is C[C@H]1Oc2cccnc2CC(=O)[C@H]1NC(=O)OC(C)(C)C. The maximum Gasteiger partial charge on any atom is 0.408 e. The van der Waals surface area contributed by atoms with Crippen molar-refractivity contribution in [3.05, 3.63) is 24.0 Å². The van der Waals surface area contributed by atoms with Gasteiger partial charge >= 0.3 is 6.09 Å². The van der Waals surface area contributed by atoms with Crippen LogP contribution in [-0.2, 0) is 16.0 Å². The first-order chi connectivity index (χ1) is 9.76. The zero-order chi connectivity index (χ0) is 15.6. The van der Waals surface area contributed by atoms with E-state index in [1.54, 1.807) is 46.0 Å². The predicted molar refractivity (Wildman–Crippen MR) is 76.2 cm³/mol. The summed E-state index contributed by atoms with van der Waals surface area (Å²) in [5.74, 6) is 0.428. The molecule has 2 atom stereocenters. The second-order valence-corrected chi connectivity index (χ2v) is 6.04. The summed E-state index contributed by atoms with van der Waals surface area (Å²) in [5, 5.41) is 2.59. The normalized spacial score (nSPS) is 21.8. The summed E-state index contributed by atoms with van der Waals surface area (Å²) in [6, 6.07) is 2.76. The zero-order valence-electron chi connectivity index (χ0n) is 12.7. The van der Waals surface area contributed by atoms with Gasteiger partial charge in [-0.05, 0) is 39.8 Å². The summed E-state index contributed by atoms with van der Waals surface area (Å²) < 4.78 is 10.9. The molecule has 1 aliphatic heterocycles. The van der Waals surface area contributed by atoms with E-state index in [1.165, 1.54) is 0 Å². The molecule has 0 fully saturated rings. The van der Waals surface area contributed by atoms with Crippen LogP contribution in [0.1, 0.15) is 33.4 Å². The lowest BCUT2D eigenvalue weighted by molar-refractivity contribution is -0.121. The molecule has 21 heavy (non-hydrogen) atoms. The summed E-state index contributed by atoms with van der Waals surface area (Å²) in [7, 11) is 0. The van der Waals surface area contributed by atoms with Gasteiger partial charge in [0.15, 0.2) is 5.78 Å². The van der Waals surface area contributed by atoms with E-state index in [0.717, 1.165) is 0 Å². The first-order valence-corrected chi connectivity index (χ1v) is 6.89. The van der Waals surface area contributed by atoms with E-state index >= 15 is 0 Å². The molecule has 0 aliphatic carbocycles. The highest BCUT2D eigenvalue weighted by molar-refractivity contribution is 5.90. The minimum Gasteiger partial charge on any atom is -0.486 e. The van der Waals surface area contributed by atoms with Crippen molar-refractivity contribution in [2.75, 3.05) is 0 Å². The largest absolute Gasteiger partial charge is 0.486 e. The molecule has 1 N–H and O–H groups in total. The number of hydrogen-bond donors (Lipinski definition) is 1. The Labute approximate surface area is 123 Å². The van der Waals surface area contributed by atoms with Crippen LogP contribution >= 0.6 is 0 Å². The Bertz CT molecular complexity index is 551. The Balaban J connectivity index is 2.11. The Kier molecular flexibility index (Phi) is 4.16. The quantitative estimate of drug-likeness (QED) is 0.855. The van der Waals surface area contributed by atoms with E-state index in [0.29, 0.717) is 11.4 Å². The number of rotatable bonds is 1. The lowest BCUT2D eigenvalue weighted by Crippen LogP contribution is -2.50. The summed E-state index contributed by atoms with van der Waals surface area (Å²) in [6.45, 7) is 7.03. The van der Waals surface area contributed by atoms with Crippen molar-refractivity contribution >= 4 is 11.9 Å². The molecule has 1 aromatic rings. The first-order valence-electron chi connectivity index (χ1n) is 6.89. The van der Waals surface area contributed by atoms with Crippen molar-refractivity contribution in [3.63, 3.8) is 0 Å². The number of fused-ring (bicyclic) bond motifs is 1. The van der Waals surface area contributed by atoms with Crippen LogP contribution in [0.4, 0.5) is 4.79 Å². The Morgan fingerprint density at radius 3 is 2.86 bits per heavy atom. The standard InChI is InChI=1S/C15H20N2O4/c1-9-13(17-14(19)21-15(2,3)4)11(18)8-10-12(20-9)6-5-7-16-10/h5-7,9,13H,8H2,1-4H3,(H,17,19)/t9-,13+/m1/s1. The molecule has 0 radical (unpaired) electrons. The molecule has 0 saturated heterocycles. The van der Waals surface area contributed by atoms with Gasteiger partial charge in [0.25, 0.3) is 0 Å². The minimum absolute atomic E-state index is 0.126. The highest BCUT2D eigenvalue weighted by atomic mass is 16.6. The number of nitrogens with zero attached hydrogens (tertiary/aromatic N) is 1. The van der Waals surface area contributed by atoms with Crippen LogP contribution < -0.4 is 10.1 Å². The number of alkyl carbamates (subject to hydrolysis) is 1. The van der Waals surface area contributed by atoms with Crippen LogP contribution in [0, 0.1) is 0 Å². The van der Waals surface area contributed by atoms with Gasteiger partial charge in [-0.3, -0.25) is 9.78 Å². The number of nitrogens with one attached hydrogen (secondary N) is 1. The van der Waals surface area contributed by atoms with Crippen LogP contribution in [0.25, 0.3) is 0 Å². The first kappa shape index (κ1) is 15.3. The maximum atomic E-state index is 12.3. The minimum atomic E-state index is -0.756. The van der Waals surface area contributed by atoms with E-state index in [4.69, 9.17) is 9.47 Å². The van der Waals surface area contributed by atoms with Gasteiger partial charge < -0.3 is 14.8 Å². The Morgan fingerprint density at radius 2 is 2.19 bits per heavy atom. The third-order valence-electron chi connectivity index (χ3n) is 2.99. The lowest BCUT2D eigenvalue weighted by Gasteiger charge is -2.25. The number of carbonyl (C=O) groups is 2. The van der Waals surface area contributed by atoms with E-state index in [2.05, 4.69) is 10.3 Å². The van der Waals surface area contributed by atoms with Gasteiger partial charge in [-0.1, -0.05) is 0 Å². The van der Waals surface area contributed by atoms with Crippen LogP contribution in [0.15, 0.2) is 18.3 Å². The van der Waals surface area contributed by atoms with Gasteiger partial charge in [0.1, 0.15) is 23.5 Å². The summed E-state index contributed by atoms with van der Waals surface area (Å²) >= 11 is 0. The molecule has 114 valence electrons. The number of hydrogen-bond acceptors (Lipinski definition) is 5. The fraction of sp³-hybridized carbons (Fsp3) is 0.533. The van der Waals surface area contributed by atoms with Crippen molar-refractivity contribution in [1.82, 2.24) is 10.3 Å². The van der Waals surface area contributed by atoms with E-state index in [9.17, 15) is 9.59 Å². The highest BCUT2D eigenvalue weighted by Crippen LogP contribution is 2.23. The third-order valence-corrected chi connectivity index (χ3v) is 2.99. The molecule has 0 unspecified atom stereocenters. The van der Waals surface area contributed by atoms with Gasteiger partial charge in [-0.15, -0.1) is 0 Å². The van der Waals surface area contributed by atoms with Gasteiger partial charge in [0, 0.05) is 6.20 Å². The van der Waals surface area contributed by atoms with E-state index in [-0.39, 0.29) is 12.2 Å². The molecule has 6 nitrogen and oxygen atoms in total. The van der Waals surface area contributed by atoms with Crippen molar-refractivity contribution in [3.8, 4) is 5.75 Å². The van der Waals surface area contributed by atoms with Crippen LogP contribution in [0.5, 0.6) is 5.75 Å². The second kappa shape index (κ2) is 5.71. The summed E-state index contributed by atoms with van der Waals surface area (Å²) in [4.78, 5) is 28.3. The number of ketones is 1. The van der Waals surface area contributed by atoms with Gasteiger partial charge in [-0.2, -0.15) is 0 Å². The molecule has 1 amide bonds. The molecule has 0 aromatic carbocycles. The maximum absolute atomic E-state index is 12.3. The van der Waals surface area contributed by atoms with Crippen molar-refractivity contribution in [1.29, 1.82) is 0 Å². The molecular weight excluding hydrogens is 272 g/mol. The molecule has 2 rings (SSSR count). The molecule has 0 bridgehead atoms. The lowest BCUT2D eigenvalue weighted by atomic mass is 10.0.